The lowest BCUT2D eigenvalue weighted by molar-refractivity contribution is 0.276. The number of piperidine rings is 1. The quantitative estimate of drug-likeness (QED) is 0.787. The summed E-state index contributed by atoms with van der Waals surface area (Å²) in [4.78, 5) is 10.4. The van der Waals surface area contributed by atoms with Crippen molar-refractivity contribution in [3.8, 4) is 0 Å². The summed E-state index contributed by atoms with van der Waals surface area (Å²) < 4.78 is 12.9. The lowest BCUT2D eigenvalue weighted by atomic mass is 10.1. The molecule has 2 heterocycles. The molecule has 0 spiro atoms. The Morgan fingerprint density at radius 1 is 1.47 bits per heavy atom. The molecule has 0 atom stereocenters. The molecule has 82 valence electrons. The van der Waals surface area contributed by atoms with Crippen molar-refractivity contribution in [3.05, 3.63) is 18.1 Å². The number of alkyl halides is 1. The van der Waals surface area contributed by atoms with Gasteiger partial charge in [-0.05, 0) is 18.9 Å². The molecule has 0 aromatic carbocycles. The van der Waals surface area contributed by atoms with Gasteiger partial charge < -0.3 is 10.6 Å². The number of nitrogens with two attached hydrogens (primary N) is 1. The van der Waals surface area contributed by atoms with Crippen LogP contribution >= 0.6 is 0 Å². The number of halogens is 1. The van der Waals surface area contributed by atoms with Gasteiger partial charge in [-0.2, -0.15) is 0 Å². The molecule has 1 aromatic heterocycles. The van der Waals surface area contributed by atoms with Gasteiger partial charge in [0.05, 0.1) is 6.54 Å². The van der Waals surface area contributed by atoms with Crippen molar-refractivity contribution in [1.82, 2.24) is 9.97 Å². The Hall–Kier alpha value is -1.23. The first kappa shape index (κ1) is 10.3. The van der Waals surface area contributed by atoms with E-state index in [1.54, 1.807) is 6.20 Å². The fraction of sp³-hybridized carbons (Fsp3) is 0.600. The van der Waals surface area contributed by atoms with Crippen molar-refractivity contribution < 1.29 is 4.39 Å². The lowest BCUT2D eigenvalue weighted by Gasteiger charge is -2.29. The average molecular weight is 210 g/mol. The van der Waals surface area contributed by atoms with E-state index in [4.69, 9.17) is 5.73 Å². The molecule has 15 heavy (non-hydrogen) atoms. The number of rotatable bonds is 2. The van der Waals surface area contributed by atoms with Crippen LogP contribution in [-0.4, -0.2) is 29.2 Å². The first-order valence-electron chi connectivity index (χ1n) is 5.20. The molecule has 0 bridgehead atoms. The van der Waals surface area contributed by atoms with Crippen LogP contribution in [0.15, 0.2) is 12.3 Å². The first-order chi connectivity index (χ1) is 7.29. The van der Waals surface area contributed by atoms with Gasteiger partial charge in [0.2, 0.25) is 0 Å². The van der Waals surface area contributed by atoms with Crippen LogP contribution in [0.25, 0.3) is 0 Å². The lowest BCUT2D eigenvalue weighted by Crippen LogP contribution is -2.35. The van der Waals surface area contributed by atoms with Gasteiger partial charge in [-0.15, -0.1) is 0 Å². The molecule has 1 saturated heterocycles. The van der Waals surface area contributed by atoms with Crippen molar-refractivity contribution in [2.75, 3.05) is 18.0 Å². The van der Waals surface area contributed by atoms with Crippen LogP contribution in [0.2, 0.25) is 0 Å². The van der Waals surface area contributed by atoms with Gasteiger partial charge in [-0.1, -0.05) is 0 Å². The number of anilines is 1. The molecule has 2 rings (SSSR count). The fourth-order valence-electron chi connectivity index (χ4n) is 1.74. The zero-order valence-corrected chi connectivity index (χ0v) is 8.56. The predicted octanol–water partition coefficient (Wildman–Crippen LogP) is 0.874. The van der Waals surface area contributed by atoms with Gasteiger partial charge in [0.1, 0.15) is 17.8 Å². The second-order valence-electron chi connectivity index (χ2n) is 3.70. The van der Waals surface area contributed by atoms with E-state index in [0.29, 0.717) is 25.2 Å². The third-order valence-corrected chi connectivity index (χ3v) is 2.62. The molecule has 5 heteroatoms. The summed E-state index contributed by atoms with van der Waals surface area (Å²) in [5.41, 5.74) is 5.47. The molecule has 1 fully saturated rings. The molecular formula is C10H15FN4. The van der Waals surface area contributed by atoms with Gasteiger partial charge in [0.25, 0.3) is 0 Å². The molecule has 2 N–H and O–H groups in total. The molecule has 1 aliphatic rings. The Bertz CT molecular complexity index is 323. The molecule has 1 aromatic rings. The number of nitrogens with zero attached hydrogens (tertiary/aromatic N) is 3. The third-order valence-electron chi connectivity index (χ3n) is 2.62. The normalized spacial score (nSPS) is 18.1. The van der Waals surface area contributed by atoms with E-state index in [-0.39, 0.29) is 0 Å². The molecule has 1 aliphatic heterocycles. The first-order valence-corrected chi connectivity index (χ1v) is 5.20. The molecule has 0 radical (unpaired) electrons. The Kier molecular flexibility index (Phi) is 3.11. The predicted molar refractivity (Wildman–Crippen MR) is 56.3 cm³/mol. The maximum Gasteiger partial charge on any atom is 0.144 e. The maximum atomic E-state index is 12.9. The second kappa shape index (κ2) is 4.53. The largest absolute Gasteiger partial charge is 0.356 e. The van der Waals surface area contributed by atoms with Crippen molar-refractivity contribution in [2.45, 2.75) is 25.6 Å². The van der Waals surface area contributed by atoms with E-state index >= 15 is 0 Å². The molecule has 0 unspecified atom stereocenters. The van der Waals surface area contributed by atoms with Gasteiger partial charge in [0, 0.05) is 19.3 Å². The fourth-order valence-corrected chi connectivity index (χ4v) is 1.74. The summed E-state index contributed by atoms with van der Waals surface area (Å²) in [6, 6.07) is 1.84. The van der Waals surface area contributed by atoms with Crippen LogP contribution in [-0.2, 0) is 6.54 Å². The topological polar surface area (TPSA) is 55.0 Å². The van der Waals surface area contributed by atoms with Gasteiger partial charge in [-0.3, -0.25) is 0 Å². The van der Waals surface area contributed by atoms with Gasteiger partial charge >= 0.3 is 0 Å². The zero-order chi connectivity index (χ0) is 10.7. The summed E-state index contributed by atoms with van der Waals surface area (Å²) >= 11 is 0. The number of hydrogen-bond acceptors (Lipinski definition) is 4. The van der Waals surface area contributed by atoms with Crippen LogP contribution in [0.1, 0.15) is 18.7 Å². The second-order valence-corrected chi connectivity index (χ2v) is 3.70. The highest BCUT2D eigenvalue weighted by Crippen LogP contribution is 2.18. The Balaban J connectivity index is 2.08. The van der Waals surface area contributed by atoms with E-state index in [0.717, 1.165) is 18.9 Å². The third kappa shape index (κ3) is 2.41. The van der Waals surface area contributed by atoms with Crippen LogP contribution in [0.3, 0.4) is 0 Å². The summed E-state index contributed by atoms with van der Waals surface area (Å²) in [6.07, 6.45) is 2.22. The highest BCUT2D eigenvalue weighted by Gasteiger charge is 2.19. The Morgan fingerprint density at radius 3 is 2.87 bits per heavy atom. The average Bonchev–Trinajstić information content (AvgIpc) is 2.30. The van der Waals surface area contributed by atoms with Gasteiger partial charge in [-0.25, -0.2) is 14.4 Å². The minimum absolute atomic E-state index is 0.341. The Morgan fingerprint density at radius 2 is 2.20 bits per heavy atom. The van der Waals surface area contributed by atoms with Crippen molar-refractivity contribution in [1.29, 1.82) is 0 Å². The summed E-state index contributed by atoms with van der Waals surface area (Å²) in [5.74, 6) is 1.49. The number of hydrogen-bond donors (Lipinski definition) is 1. The SMILES string of the molecule is NCc1nccc(N2CCC(F)CC2)n1. The molecule has 4 nitrogen and oxygen atoms in total. The molecule has 0 amide bonds. The Labute approximate surface area is 88.3 Å². The van der Waals surface area contributed by atoms with Crippen LogP contribution in [0.5, 0.6) is 0 Å². The van der Waals surface area contributed by atoms with E-state index in [1.165, 1.54) is 0 Å². The van der Waals surface area contributed by atoms with Gasteiger partial charge in [0.15, 0.2) is 0 Å². The maximum absolute atomic E-state index is 12.9. The minimum Gasteiger partial charge on any atom is -0.356 e. The summed E-state index contributed by atoms with van der Waals surface area (Å²) in [6.45, 7) is 1.79. The molecule has 0 saturated carbocycles. The van der Waals surface area contributed by atoms with E-state index < -0.39 is 6.17 Å². The minimum atomic E-state index is -0.655. The van der Waals surface area contributed by atoms with Crippen LogP contribution in [0, 0.1) is 0 Å². The van der Waals surface area contributed by atoms with E-state index in [9.17, 15) is 4.39 Å². The van der Waals surface area contributed by atoms with Crippen LogP contribution < -0.4 is 10.6 Å². The van der Waals surface area contributed by atoms with E-state index in [2.05, 4.69) is 14.9 Å². The summed E-state index contributed by atoms with van der Waals surface area (Å²) in [7, 11) is 0. The number of aromatic nitrogens is 2. The van der Waals surface area contributed by atoms with Crippen LogP contribution in [0.4, 0.5) is 10.2 Å². The van der Waals surface area contributed by atoms with Crippen molar-refractivity contribution in [2.24, 2.45) is 5.73 Å². The standard InChI is InChI=1S/C10H15FN4/c11-8-2-5-15(6-3-8)10-1-4-13-9(7-12)14-10/h1,4,8H,2-3,5-7,12H2. The highest BCUT2D eigenvalue weighted by molar-refractivity contribution is 5.37. The monoisotopic (exact) mass is 210 g/mol. The van der Waals surface area contributed by atoms with Crippen molar-refractivity contribution >= 4 is 5.82 Å². The molecule has 0 aliphatic carbocycles. The van der Waals surface area contributed by atoms with Crippen molar-refractivity contribution in [3.63, 3.8) is 0 Å². The van der Waals surface area contributed by atoms with E-state index in [1.807, 2.05) is 6.07 Å². The smallest absolute Gasteiger partial charge is 0.144 e. The zero-order valence-electron chi connectivity index (χ0n) is 8.56. The molecular weight excluding hydrogens is 195 g/mol. The highest BCUT2D eigenvalue weighted by atomic mass is 19.1. The summed E-state index contributed by atoms with van der Waals surface area (Å²) in [5, 5.41) is 0.